The van der Waals surface area contributed by atoms with Gasteiger partial charge in [0.2, 0.25) is 10.0 Å². The molecule has 3 N–H and O–H groups in total. The van der Waals surface area contributed by atoms with Crippen LogP contribution in [-0.4, -0.2) is 24.2 Å². The first-order chi connectivity index (χ1) is 9.29. The molecular formula is C13H18N4O2S. The number of nitrogen functional groups attached to an aromatic ring is 1. The highest BCUT2D eigenvalue weighted by Gasteiger charge is 2.15. The number of sulfonamides is 1. The maximum Gasteiger partial charge on any atom is 0.240 e. The molecule has 0 saturated heterocycles. The second kappa shape index (κ2) is 5.26. The van der Waals surface area contributed by atoms with E-state index in [0.717, 1.165) is 11.3 Å². The van der Waals surface area contributed by atoms with Gasteiger partial charge in [-0.05, 0) is 45.0 Å². The predicted octanol–water partition coefficient (Wildman–Crippen LogP) is 1.45. The summed E-state index contributed by atoms with van der Waals surface area (Å²) in [4.78, 5) is 0.229. The van der Waals surface area contributed by atoms with Crippen LogP contribution >= 0.6 is 0 Å². The number of benzene rings is 1. The van der Waals surface area contributed by atoms with Crippen molar-refractivity contribution < 1.29 is 8.42 Å². The van der Waals surface area contributed by atoms with Crippen LogP contribution in [-0.2, 0) is 10.0 Å². The van der Waals surface area contributed by atoms with Crippen molar-refractivity contribution in [1.29, 1.82) is 0 Å². The first kappa shape index (κ1) is 14.5. The first-order valence-corrected chi connectivity index (χ1v) is 7.72. The summed E-state index contributed by atoms with van der Waals surface area (Å²) in [5.41, 5.74) is 7.33. The van der Waals surface area contributed by atoms with Crippen LogP contribution in [0.15, 0.2) is 35.4 Å². The van der Waals surface area contributed by atoms with Crippen molar-refractivity contribution >= 4 is 15.8 Å². The van der Waals surface area contributed by atoms with E-state index in [1.54, 1.807) is 49.0 Å². The molecule has 0 radical (unpaired) electrons. The van der Waals surface area contributed by atoms with Gasteiger partial charge in [0.05, 0.1) is 10.6 Å². The van der Waals surface area contributed by atoms with Crippen molar-refractivity contribution in [3.63, 3.8) is 0 Å². The van der Waals surface area contributed by atoms with E-state index in [-0.39, 0.29) is 10.9 Å². The third kappa shape index (κ3) is 3.00. The molecule has 7 heteroatoms. The zero-order valence-corrected chi connectivity index (χ0v) is 12.5. The summed E-state index contributed by atoms with van der Waals surface area (Å²) >= 11 is 0. The standard InChI is InChI=1S/C13H18N4O2S/c1-9(2)16-20(18,19)12-6-4-11(5-7-12)17-8-10(3)13(14)15-17/h4-9,16H,1-3H3,(H2,14,15). The van der Waals surface area contributed by atoms with Crippen molar-refractivity contribution in [1.82, 2.24) is 14.5 Å². The van der Waals surface area contributed by atoms with Crippen LogP contribution in [0.2, 0.25) is 0 Å². The van der Waals surface area contributed by atoms with Gasteiger partial charge in [0, 0.05) is 17.8 Å². The Morgan fingerprint density at radius 3 is 2.30 bits per heavy atom. The van der Waals surface area contributed by atoms with Crippen LogP contribution < -0.4 is 10.5 Å². The van der Waals surface area contributed by atoms with Crippen molar-refractivity contribution in [2.24, 2.45) is 0 Å². The number of aromatic nitrogens is 2. The van der Waals surface area contributed by atoms with Crippen LogP contribution in [0.3, 0.4) is 0 Å². The fourth-order valence-electron chi connectivity index (χ4n) is 1.76. The average molecular weight is 294 g/mol. The molecule has 20 heavy (non-hydrogen) atoms. The van der Waals surface area contributed by atoms with E-state index in [4.69, 9.17) is 5.73 Å². The molecule has 0 amide bonds. The number of hydrogen-bond acceptors (Lipinski definition) is 4. The molecule has 0 bridgehead atoms. The molecule has 0 saturated carbocycles. The SMILES string of the molecule is Cc1cn(-c2ccc(S(=O)(=O)NC(C)C)cc2)nc1N. The van der Waals surface area contributed by atoms with Crippen molar-refractivity contribution in [2.45, 2.75) is 31.7 Å². The van der Waals surface area contributed by atoms with Gasteiger partial charge >= 0.3 is 0 Å². The molecule has 0 fully saturated rings. The summed E-state index contributed by atoms with van der Waals surface area (Å²) in [6.07, 6.45) is 1.80. The Morgan fingerprint density at radius 1 is 1.25 bits per heavy atom. The van der Waals surface area contributed by atoms with Crippen LogP contribution in [0.25, 0.3) is 5.69 Å². The number of nitrogens with two attached hydrogens (primary N) is 1. The monoisotopic (exact) mass is 294 g/mol. The van der Waals surface area contributed by atoms with Gasteiger partial charge in [0.25, 0.3) is 0 Å². The molecular weight excluding hydrogens is 276 g/mol. The summed E-state index contributed by atoms with van der Waals surface area (Å²) < 4.78 is 28.1. The van der Waals surface area contributed by atoms with E-state index < -0.39 is 10.0 Å². The van der Waals surface area contributed by atoms with Gasteiger partial charge in [0.1, 0.15) is 5.82 Å². The average Bonchev–Trinajstić information content (AvgIpc) is 2.68. The highest BCUT2D eigenvalue weighted by molar-refractivity contribution is 7.89. The lowest BCUT2D eigenvalue weighted by atomic mass is 10.3. The molecule has 0 aliphatic heterocycles. The minimum absolute atomic E-state index is 0.145. The maximum atomic E-state index is 12.0. The quantitative estimate of drug-likeness (QED) is 0.893. The maximum absolute atomic E-state index is 12.0. The van der Waals surface area contributed by atoms with Crippen LogP contribution in [0.1, 0.15) is 19.4 Å². The Hall–Kier alpha value is -1.86. The van der Waals surface area contributed by atoms with E-state index in [1.807, 2.05) is 6.92 Å². The molecule has 1 aromatic carbocycles. The molecule has 0 spiro atoms. The Labute approximate surface area is 118 Å². The second-order valence-corrected chi connectivity index (χ2v) is 6.63. The molecule has 0 aliphatic rings. The van der Waals surface area contributed by atoms with Gasteiger partial charge in [-0.25, -0.2) is 17.8 Å². The Kier molecular flexibility index (Phi) is 3.82. The fraction of sp³-hybridized carbons (Fsp3) is 0.308. The number of aryl methyl sites for hydroxylation is 1. The highest BCUT2D eigenvalue weighted by atomic mass is 32.2. The zero-order chi connectivity index (χ0) is 14.9. The van der Waals surface area contributed by atoms with Crippen molar-refractivity contribution in [2.75, 3.05) is 5.73 Å². The Morgan fingerprint density at radius 2 is 1.85 bits per heavy atom. The smallest absolute Gasteiger partial charge is 0.240 e. The third-order valence-electron chi connectivity index (χ3n) is 2.74. The van der Waals surface area contributed by atoms with E-state index >= 15 is 0 Å². The summed E-state index contributed by atoms with van der Waals surface area (Å²) in [6.45, 7) is 5.42. The van der Waals surface area contributed by atoms with Gasteiger partial charge in [0.15, 0.2) is 0 Å². The largest absolute Gasteiger partial charge is 0.382 e. The molecule has 2 rings (SSSR count). The third-order valence-corrected chi connectivity index (χ3v) is 4.41. The lowest BCUT2D eigenvalue weighted by Crippen LogP contribution is -2.30. The predicted molar refractivity (Wildman–Crippen MR) is 78.2 cm³/mol. The van der Waals surface area contributed by atoms with E-state index in [2.05, 4.69) is 9.82 Å². The molecule has 0 atom stereocenters. The lowest BCUT2D eigenvalue weighted by molar-refractivity contribution is 0.570. The second-order valence-electron chi connectivity index (χ2n) is 4.91. The molecule has 108 valence electrons. The van der Waals surface area contributed by atoms with Gasteiger partial charge < -0.3 is 5.73 Å². The molecule has 6 nitrogen and oxygen atoms in total. The number of nitrogens with zero attached hydrogens (tertiary/aromatic N) is 2. The minimum Gasteiger partial charge on any atom is -0.382 e. The lowest BCUT2D eigenvalue weighted by Gasteiger charge is -2.10. The van der Waals surface area contributed by atoms with Crippen LogP contribution in [0.4, 0.5) is 5.82 Å². The minimum atomic E-state index is -3.47. The molecule has 0 unspecified atom stereocenters. The molecule has 2 aromatic rings. The summed E-state index contributed by atoms with van der Waals surface area (Å²) in [6, 6.07) is 6.34. The Balaban J connectivity index is 2.31. The van der Waals surface area contributed by atoms with E-state index in [0.29, 0.717) is 5.82 Å². The summed E-state index contributed by atoms with van der Waals surface area (Å²) in [5, 5.41) is 4.15. The normalized spacial score (nSPS) is 12.0. The van der Waals surface area contributed by atoms with E-state index in [1.165, 1.54) is 0 Å². The van der Waals surface area contributed by atoms with Gasteiger partial charge in [-0.1, -0.05) is 0 Å². The van der Waals surface area contributed by atoms with Crippen LogP contribution in [0, 0.1) is 6.92 Å². The number of nitrogens with one attached hydrogen (secondary N) is 1. The summed E-state index contributed by atoms with van der Waals surface area (Å²) in [5.74, 6) is 0.461. The molecule has 1 aromatic heterocycles. The van der Waals surface area contributed by atoms with Crippen molar-refractivity contribution in [3.05, 3.63) is 36.0 Å². The van der Waals surface area contributed by atoms with Gasteiger partial charge in [-0.15, -0.1) is 0 Å². The van der Waals surface area contributed by atoms with Gasteiger partial charge in [-0.3, -0.25) is 0 Å². The van der Waals surface area contributed by atoms with E-state index in [9.17, 15) is 8.42 Å². The Bertz CT molecular complexity index is 683. The highest BCUT2D eigenvalue weighted by Crippen LogP contribution is 2.16. The number of rotatable bonds is 4. The van der Waals surface area contributed by atoms with Crippen molar-refractivity contribution in [3.8, 4) is 5.69 Å². The topological polar surface area (TPSA) is 90.0 Å². The molecule has 1 heterocycles. The molecule has 0 aliphatic carbocycles. The zero-order valence-electron chi connectivity index (χ0n) is 11.7. The number of hydrogen-bond donors (Lipinski definition) is 2. The van der Waals surface area contributed by atoms with Crippen LogP contribution in [0.5, 0.6) is 0 Å². The summed E-state index contributed by atoms with van der Waals surface area (Å²) in [7, 11) is -3.47. The first-order valence-electron chi connectivity index (χ1n) is 6.24. The van der Waals surface area contributed by atoms with Gasteiger partial charge in [-0.2, -0.15) is 5.10 Å². The number of anilines is 1. The fourth-order valence-corrected chi connectivity index (χ4v) is 3.01.